The minimum absolute atomic E-state index is 0.124. The largest absolute Gasteiger partial charge is 0.494 e. The van der Waals surface area contributed by atoms with Gasteiger partial charge in [0.25, 0.3) is 10.1 Å². The van der Waals surface area contributed by atoms with Crippen LogP contribution < -0.4 is 25.4 Å². The van der Waals surface area contributed by atoms with Crippen molar-refractivity contribution < 1.29 is 37.1 Å². The van der Waals surface area contributed by atoms with Gasteiger partial charge in [-0.1, -0.05) is 0 Å². The molecule has 0 aliphatic heterocycles. The van der Waals surface area contributed by atoms with Gasteiger partial charge in [0, 0.05) is 23.4 Å². The summed E-state index contributed by atoms with van der Waals surface area (Å²) in [5.74, 6) is 0.459. The van der Waals surface area contributed by atoms with E-state index in [0.717, 1.165) is 6.08 Å². The van der Waals surface area contributed by atoms with E-state index in [2.05, 4.69) is 20.8 Å². The summed E-state index contributed by atoms with van der Waals surface area (Å²) in [5, 5.41) is 21.5. The van der Waals surface area contributed by atoms with Crippen LogP contribution in [0, 0.1) is 6.92 Å². The lowest BCUT2D eigenvalue weighted by Gasteiger charge is -2.17. The van der Waals surface area contributed by atoms with Crippen LogP contribution in [0.4, 0.5) is 22.7 Å². The highest BCUT2D eigenvalue weighted by molar-refractivity contribution is 7.91. The fourth-order valence-corrected chi connectivity index (χ4v) is 4.58. The smallest absolute Gasteiger partial charge is 0.296 e. The maximum atomic E-state index is 13.1. The molecule has 0 heterocycles. The summed E-state index contributed by atoms with van der Waals surface area (Å²) in [5.41, 5.74) is 10.5. The Kier molecular flexibility index (Phi) is 8.66. The van der Waals surface area contributed by atoms with E-state index in [1.807, 2.05) is 0 Å². The van der Waals surface area contributed by atoms with Crippen molar-refractivity contribution in [3.63, 3.8) is 0 Å². The zero-order valence-corrected chi connectivity index (χ0v) is 23.1. The molecule has 0 spiro atoms. The van der Waals surface area contributed by atoms with Gasteiger partial charge in [-0.15, -0.1) is 5.11 Å². The van der Waals surface area contributed by atoms with Gasteiger partial charge >= 0.3 is 0 Å². The maximum Gasteiger partial charge on any atom is 0.296 e. The lowest BCUT2D eigenvalue weighted by Crippen LogP contribution is -2.27. The molecular weight excluding hydrogens is 554 g/mol. The van der Waals surface area contributed by atoms with Crippen molar-refractivity contribution >= 4 is 50.4 Å². The molecule has 4 rings (SSSR count). The summed E-state index contributed by atoms with van der Waals surface area (Å²) in [6, 6.07) is 12.5. The average Bonchev–Trinajstić information content (AvgIpc) is 2.94. The Labute approximate surface area is 235 Å². The molecule has 0 saturated carbocycles. The summed E-state index contributed by atoms with van der Waals surface area (Å²) >= 11 is 0. The number of hydrazone groups is 1. The Balaban J connectivity index is 1.65. The number of azo groups is 1. The van der Waals surface area contributed by atoms with E-state index < -0.39 is 26.5 Å². The van der Waals surface area contributed by atoms with Crippen LogP contribution in [0.15, 0.2) is 68.8 Å². The number of hydrogen-bond donors (Lipinski definition) is 4. The van der Waals surface area contributed by atoms with Gasteiger partial charge in [0.15, 0.2) is 5.71 Å². The van der Waals surface area contributed by atoms with Crippen molar-refractivity contribution in [2.75, 3.05) is 38.6 Å². The Morgan fingerprint density at radius 2 is 1.71 bits per heavy atom. The first-order chi connectivity index (χ1) is 19.5. The van der Waals surface area contributed by atoms with Crippen molar-refractivity contribution in [2.24, 2.45) is 15.3 Å². The number of nitrogens with two attached hydrogens (primary N) is 1. The first kappa shape index (κ1) is 29.2. The number of aryl methyl sites for hydroxylation is 1. The summed E-state index contributed by atoms with van der Waals surface area (Å²) in [6.07, 6.45) is 1.13. The molecule has 3 aromatic carbocycles. The molecule has 13 nitrogen and oxygen atoms in total. The van der Waals surface area contributed by atoms with Crippen molar-refractivity contribution in [1.82, 2.24) is 0 Å². The number of benzene rings is 3. The molecule has 214 valence electrons. The minimum atomic E-state index is -4.80. The number of aliphatic hydroxyl groups excluding tert-OH is 1. The van der Waals surface area contributed by atoms with Gasteiger partial charge in [0.05, 0.1) is 32.2 Å². The summed E-state index contributed by atoms with van der Waals surface area (Å²) in [7, 11) is -1.91. The molecule has 14 heteroatoms. The highest BCUT2D eigenvalue weighted by Gasteiger charge is 2.33. The van der Waals surface area contributed by atoms with Crippen LogP contribution in [0.3, 0.4) is 0 Å². The van der Waals surface area contributed by atoms with Gasteiger partial charge in [-0.05, 0) is 60.5 Å². The highest BCUT2D eigenvalue weighted by Crippen LogP contribution is 2.37. The molecule has 0 radical (unpaired) electrons. The molecule has 0 atom stereocenters. The third-order valence-electron chi connectivity index (χ3n) is 5.92. The SMILES string of the molecule is COc1cc(OCCO)ccc1/N=N/c1cc(OC)c(N/N=C2\C(=O)c3ccc(N)cc3C=C2S(=O)(=O)O)cc1C. The minimum Gasteiger partial charge on any atom is -0.494 e. The number of aliphatic hydroxyl groups is 1. The number of methoxy groups -OCH3 is 2. The van der Waals surface area contributed by atoms with E-state index in [-0.39, 0.29) is 30.1 Å². The molecule has 0 saturated heterocycles. The quantitative estimate of drug-likeness (QED) is 0.116. The third kappa shape index (κ3) is 6.51. The predicted molar refractivity (Wildman–Crippen MR) is 153 cm³/mol. The van der Waals surface area contributed by atoms with Crippen LogP contribution in [0.25, 0.3) is 6.08 Å². The second kappa shape index (κ2) is 12.2. The molecule has 1 aliphatic carbocycles. The molecule has 0 unspecified atom stereocenters. The molecule has 0 bridgehead atoms. The number of ether oxygens (including phenoxy) is 3. The number of carbonyl (C=O) groups is 1. The Bertz CT molecular complexity index is 1700. The second-order valence-corrected chi connectivity index (χ2v) is 10.1. The summed E-state index contributed by atoms with van der Waals surface area (Å²) in [6.45, 7) is 1.77. The first-order valence-electron chi connectivity index (χ1n) is 12.0. The molecule has 0 amide bonds. The Morgan fingerprint density at radius 1 is 0.976 bits per heavy atom. The van der Waals surface area contributed by atoms with Gasteiger partial charge < -0.3 is 25.1 Å². The lowest BCUT2D eigenvalue weighted by molar-refractivity contribution is 0.106. The van der Waals surface area contributed by atoms with Crippen molar-refractivity contribution in [3.05, 3.63) is 70.1 Å². The van der Waals surface area contributed by atoms with Gasteiger partial charge in [-0.2, -0.15) is 18.6 Å². The van der Waals surface area contributed by atoms with Crippen LogP contribution in [-0.2, 0) is 10.1 Å². The number of fused-ring (bicyclic) bond motifs is 1. The van der Waals surface area contributed by atoms with Crippen LogP contribution in [0.2, 0.25) is 0 Å². The van der Waals surface area contributed by atoms with Gasteiger partial charge in [0.2, 0.25) is 5.78 Å². The lowest BCUT2D eigenvalue weighted by atomic mass is 9.94. The van der Waals surface area contributed by atoms with E-state index in [9.17, 15) is 17.8 Å². The molecule has 41 heavy (non-hydrogen) atoms. The second-order valence-electron chi connectivity index (χ2n) is 8.68. The van der Waals surface area contributed by atoms with Gasteiger partial charge in [-0.25, -0.2) is 0 Å². The van der Waals surface area contributed by atoms with Crippen LogP contribution >= 0.6 is 0 Å². The zero-order chi connectivity index (χ0) is 29.7. The fourth-order valence-electron chi connectivity index (χ4n) is 3.92. The molecule has 0 aromatic heterocycles. The van der Waals surface area contributed by atoms with Gasteiger partial charge in [-0.3, -0.25) is 14.8 Å². The number of allylic oxidation sites excluding steroid dienone is 1. The highest BCUT2D eigenvalue weighted by atomic mass is 32.2. The Morgan fingerprint density at radius 3 is 2.39 bits per heavy atom. The van der Waals surface area contributed by atoms with Crippen molar-refractivity contribution in [1.29, 1.82) is 0 Å². The monoisotopic (exact) mass is 581 g/mol. The Hall–Kier alpha value is -4.79. The molecule has 0 fully saturated rings. The van der Waals surface area contributed by atoms with Crippen molar-refractivity contribution in [2.45, 2.75) is 6.92 Å². The zero-order valence-electron chi connectivity index (χ0n) is 22.3. The number of rotatable bonds is 10. The van der Waals surface area contributed by atoms with E-state index in [1.54, 1.807) is 37.3 Å². The average molecular weight is 582 g/mol. The van der Waals surface area contributed by atoms with Crippen LogP contribution in [0.5, 0.6) is 17.2 Å². The summed E-state index contributed by atoms with van der Waals surface area (Å²) < 4.78 is 50.2. The first-order valence-corrected chi connectivity index (χ1v) is 13.5. The number of nitrogens with one attached hydrogen (secondary N) is 1. The fraction of sp³-hybridized carbons (Fsp3) is 0.185. The van der Waals surface area contributed by atoms with Crippen molar-refractivity contribution in [3.8, 4) is 17.2 Å². The van der Waals surface area contributed by atoms with E-state index >= 15 is 0 Å². The number of Topliss-reactive ketones (excluding diaryl/α,β-unsaturated/α-hetero) is 1. The molecular formula is C27H27N5O8S. The molecule has 5 N–H and O–H groups in total. The van der Waals surface area contributed by atoms with Gasteiger partial charge in [0.1, 0.15) is 34.4 Å². The number of hydrogen-bond acceptors (Lipinski definition) is 12. The molecule has 3 aromatic rings. The number of nitrogen functional groups attached to an aromatic ring is 1. The number of carbonyl (C=O) groups excluding carboxylic acids is 1. The topological polar surface area (TPSA) is 194 Å². The normalized spacial score (nSPS) is 14.1. The molecule has 1 aliphatic rings. The van der Waals surface area contributed by atoms with E-state index in [4.69, 9.17) is 25.1 Å². The van der Waals surface area contributed by atoms with E-state index in [0.29, 0.717) is 39.8 Å². The third-order valence-corrected chi connectivity index (χ3v) is 6.78. The predicted octanol–water partition coefficient (Wildman–Crippen LogP) is 4.27. The number of anilines is 2. The van der Waals surface area contributed by atoms with E-state index in [1.165, 1.54) is 32.4 Å². The standard InChI is InChI=1S/C27H27N5O8S/c1-15-10-22(31-32-26-25(41(35,36)37)12-16-11-17(28)4-6-19(16)27(26)34)24(39-3)14-21(15)30-29-20-7-5-18(40-9-8-33)13-23(20)38-2/h4-7,10-14,31,33H,8-9,28H2,1-3H3,(H,35,36,37)/b30-29+,32-26-. The number of ketones is 1. The van der Waals surface area contributed by atoms with Crippen LogP contribution in [-0.4, -0.2) is 57.0 Å². The maximum absolute atomic E-state index is 13.1. The summed E-state index contributed by atoms with van der Waals surface area (Å²) in [4.78, 5) is 12.4. The number of nitrogens with zero attached hydrogens (tertiary/aromatic N) is 3. The van der Waals surface area contributed by atoms with Crippen LogP contribution in [0.1, 0.15) is 21.5 Å².